The van der Waals surface area contributed by atoms with Crippen molar-refractivity contribution in [3.05, 3.63) is 125 Å². The third-order valence-electron chi connectivity index (χ3n) is 7.14. The molecule has 0 unspecified atom stereocenters. The van der Waals surface area contributed by atoms with Crippen LogP contribution in [0.2, 0.25) is 0 Å². The van der Waals surface area contributed by atoms with E-state index in [0.29, 0.717) is 55.4 Å². The minimum atomic E-state index is -0.256. The summed E-state index contributed by atoms with van der Waals surface area (Å²) in [6.07, 6.45) is 2.92. The number of para-hydroxylation sites is 1. The van der Waals surface area contributed by atoms with Gasteiger partial charge in [-0.25, -0.2) is 0 Å². The van der Waals surface area contributed by atoms with Crippen molar-refractivity contribution < 1.29 is 28.6 Å². The summed E-state index contributed by atoms with van der Waals surface area (Å²) in [5, 5.41) is 2.88. The maximum atomic E-state index is 13.3. The second-order valence-electron chi connectivity index (χ2n) is 10.5. The second-order valence-corrected chi connectivity index (χ2v) is 10.5. The number of benzene rings is 4. The van der Waals surface area contributed by atoms with Crippen molar-refractivity contribution in [2.24, 2.45) is 0 Å². The van der Waals surface area contributed by atoms with Crippen LogP contribution in [0.1, 0.15) is 64.4 Å². The standard InChI is InChI=1S/C37H40N2O6/c1-3-44-35(40)16-8-5-11-25-43-27-31-14-9-10-15-34(31)39(2)37(42)30-17-21-32(22-18-30)38-36(41)29-19-23-33(24-20-29)45-26-28-12-6-4-7-13-28/h4,6-7,9-10,12-15,17-24H,3,5,8,11,16,25-27H2,1-2H3,(H,38,41). The topological polar surface area (TPSA) is 94.2 Å². The summed E-state index contributed by atoms with van der Waals surface area (Å²) in [4.78, 5) is 39.2. The normalized spacial score (nSPS) is 10.6. The Morgan fingerprint density at radius 1 is 0.733 bits per heavy atom. The van der Waals surface area contributed by atoms with Crippen molar-refractivity contribution in [2.45, 2.75) is 45.8 Å². The smallest absolute Gasteiger partial charge is 0.305 e. The van der Waals surface area contributed by atoms with E-state index in [9.17, 15) is 14.4 Å². The van der Waals surface area contributed by atoms with Gasteiger partial charge in [-0.3, -0.25) is 14.4 Å². The number of hydrogen-bond acceptors (Lipinski definition) is 6. The SMILES string of the molecule is CCOC(=O)CCCCCOCc1ccccc1N(C)C(=O)c1ccc(NC(=O)c2ccc(OCc3ccccc3)cc2)cc1. The molecule has 234 valence electrons. The average molecular weight is 609 g/mol. The van der Waals surface area contributed by atoms with Crippen molar-refractivity contribution in [3.8, 4) is 5.75 Å². The van der Waals surface area contributed by atoms with Gasteiger partial charge < -0.3 is 24.4 Å². The van der Waals surface area contributed by atoms with E-state index in [2.05, 4.69) is 5.32 Å². The lowest BCUT2D eigenvalue weighted by molar-refractivity contribution is -0.143. The zero-order chi connectivity index (χ0) is 31.9. The molecule has 0 bridgehead atoms. The predicted molar refractivity (Wildman–Crippen MR) is 176 cm³/mol. The summed E-state index contributed by atoms with van der Waals surface area (Å²) in [6.45, 7) is 3.60. The fourth-order valence-corrected chi connectivity index (χ4v) is 4.67. The number of nitrogens with one attached hydrogen (secondary N) is 1. The number of amides is 2. The molecule has 0 spiro atoms. The largest absolute Gasteiger partial charge is 0.489 e. The summed E-state index contributed by atoms with van der Waals surface area (Å²) >= 11 is 0. The Morgan fingerprint density at radius 2 is 1.42 bits per heavy atom. The molecule has 4 rings (SSSR count). The van der Waals surface area contributed by atoms with Gasteiger partial charge in [0.2, 0.25) is 0 Å². The first-order valence-corrected chi connectivity index (χ1v) is 15.2. The molecule has 0 atom stereocenters. The van der Waals surface area contributed by atoms with E-state index in [1.807, 2.05) is 54.6 Å². The fourth-order valence-electron chi connectivity index (χ4n) is 4.67. The van der Waals surface area contributed by atoms with E-state index in [-0.39, 0.29) is 17.8 Å². The van der Waals surface area contributed by atoms with Crippen molar-refractivity contribution in [1.29, 1.82) is 0 Å². The third kappa shape index (κ3) is 10.3. The minimum Gasteiger partial charge on any atom is -0.489 e. The van der Waals surface area contributed by atoms with Gasteiger partial charge in [0, 0.05) is 48.1 Å². The highest BCUT2D eigenvalue weighted by Gasteiger charge is 2.17. The van der Waals surface area contributed by atoms with Gasteiger partial charge in [0.25, 0.3) is 11.8 Å². The first-order valence-electron chi connectivity index (χ1n) is 15.2. The minimum absolute atomic E-state index is 0.161. The monoisotopic (exact) mass is 608 g/mol. The molecule has 2 amide bonds. The number of unbranched alkanes of at least 4 members (excludes halogenated alkanes) is 2. The molecule has 0 heterocycles. The number of carbonyl (C=O) groups excluding carboxylic acids is 3. The van der Waals surface area contributed by atoms with E-state index in [1.165, 1.54) is 0 Å². The van der Waals surface area contributed by atoms with Gasteiger partial charge >= 0.3 is 5.97 Å². The average Bonchev–Trinajstić information content (AvgIpc) is 3.07. The lowest BCUT2D eigenvalue weighted by atomic mass is 10.1. The molecule has 0 aliphatic heterocycles. The number of rotatable bonds is 16. The summed E-state index contributed by atoms with van der Waals surface area (Å²) in [5.41, 5.74) is 4.31. The maximum absolute atomic E-state index is 13.3. The highest BCUT2D eigenvalue weighted by molar-refractivity contribution is 6.07. The molecule has 0 aliphatic carbocycles. The molecule has 4 aromatic rings. The number of hydrogen-bond donors (Lipinski definition) is 1. The third-order valence-corrected chi connectivity index (χ3v) is 7.14. The van der Waals surface area contributed by atoms with E-state index >= 15 is 0 Å². The van der Waals surface area contributed by atoms with Crippen LogP contribution in [0.4, 0.5) is 11.4 Å². The molecule has 8 heteroatoms. The Kier molecular flexibility index (Phi) is 12.7. The van der Waals surface area contributed by atoms with Crippen LogP contribution in [0.15, 0.2) is 103 Å². The van der Waals surface area contributed by atoms with E-state index in [4.69, 9.17) is 14.2 Å². The molecular weight excluding hydrogens is 568 g/mol. The van der Waals surface area contributed by atoms with E-state index in [0.717, 1.165) is 36.1 Å². The molecule has 0 radical (unpaired) electrons. The van der Waals surface area contributed by atoms with Crippen LogP contribution < -0.4 is 15.0 Å². The van der Waals surface area contributed by atoms with Crippen LogP contribution in [0.5, 0.6) is 5.75 Å². The van der Waals surface area contributed by atoms with Crippen molar-refractivity contribution in [2.75, 3.05) is 30.5 Å². The summed E-state index contributed by atoms with van der Waals surface area (Å²) in [7, 11) is 1.74. The molecule has 0 fully saturated rings. The zero-order valence-electron chi connectivity index (χ0n) is 25.9. The van der Waals surface area contributed by atoms with Gasteiger partial charge in [-0.2, -0.15) is 0 Å². The number of carbonyl (C=O) groups is 3. The van der Waals surface area contributed by atoms with Gasteiger partial charge in [-0.15, -0.1) is 0 Å². The van der Waals surface area contributed by atoms with Gasteiger partial charge in [0.05, 0.1) is 13.2 Å². The Balaban J connectivity index is 1.25. The Labute approximate surface area is 264 Å². The quantitative estimate of drug-likeness (QED) is 0.105. The summed E-state index contributed by atoms with van der Waals surface area (Å²) in [6, 6.07) is 31.3. The van der Waals surface area contributed by atoms with Crippen molar-refractivity contribution in [3.63, 3.8) is 0 Å². The molecule has 45 heavy (non-hydrogen) atoms. The maximum Gasteiger partial charge on any atom is 0.305 e. The van der Waals surface area contributed by atoms with Gasteiger partial charge in [-0.05, 0) is 79.9 Å². The fraction of sp³-hybridized carbons (Fsp3) is 0.270. The highest BCUT2D eigenvalue weighted by atomic mass is 16.5. The molecule has 8 nitrogen and oxygen atoms in total. The second kappa shape index (κ2) is 17.4. The lowest BCUT2D eigenvalue weighted by Gasteiger charge is -2.21. The molecule has 1 N–H and O–H groups in total. The van der Waals surface area contributed by atoms with Crippen LogP contribution >= 0.6 is 0 Å². The number of ether oxygens (including phenoxy) is 3. The van der Waals surface area contributed by atoms with Gasteiger partial charge in [-0.1, -0.05) is 55.0 Å². The number of esters is 1. The van der Waals surface area contributed by atoms with Crippen LogP contribution in [0.3, 0.4) is 0 Å². The van der Waals surface area contributed by atoms with Gasteiger partial charge in [0.1, 0.15) is 12.4 Å². The van der Waals surface area contributed by atoms with Crippen LogP contribution in [-0.4, -0.2) is 38.0 Å². The summed E-state index contributed by atoms with van der Waals surface area (Å²) in [5.74, 6) is 0.0869. The lowest BCUT2D eigenvalue weighted by Crippen LogP contribution is -2.27. The molecule has 4 aromatic carbocycles. The molecule has 0 aliphatic rings. The molecule has 0 aromatic heterocycles. The van der Waals surface area contributed by atoms with Crippen molar-refractivity contribution >= 4 is 29.2 Å². The Morgan fingerprint density at radius 3 is 2.16 bits per heavy atom. The molecule has 0 saturated carbocycles. The van der Waals surface area contributed by atoms with Crippen molar-refractivity contribution in [1.82, 2.24) is 0 Å². The van der Waals surface area contributed by atoms with Crippen LogP contribution in [0.25, 0.3) is 0 Å². The number of anilines is 2. The highest BCUT2D eigenvalue weighted by Crippen LogP contribution is 2.23. The first-order chi connectivity index (χ1) is 21.9. The summed E-state index contributed by atoms with van der Waals surface area (Å²) < 4.78 is 16.6. The number of nitrogens with zero attached hydrogens (tertiary/aromatic N) is 1. The van der Waals surface area contributed by atoms with Crippen LogP contribution in [-0.2, 0) is 27.5 Å². The zero-order valence-corrected chi connectivity index (χ0v) is 25.9. The Bertz CT molecular complexity index is 1520. The Hall–Kier alpha value is -4.95. The van der Waals surface area contributed by atoms with E-state index in [1.54, 1.807) is 67.4 Å². The molecule has 0 saturated heterocycles. The van der Waals surface area contributed by atoms with E-state index < -0.39 is 0 Å². The first kappa shape index (κ1) is 33.0. The van der Waals surface area contributed by atoms with Gasteiger partial charge in [0.15, 0.2) is 0 Å². The predicted octanol–water partition coefficient (Wildman–Crippen LogP) is 7.43. The van der Waals surface area contributed by atoms with Crippen LogP contribution in [0, 0.1) is 0 Å². The molecular formula is C37H40N2O6.